The van der Waals surface area contributed by atoms with Gasteiger partial charge in [-0.2, -0.15) is 0 Å². The van der Waals surface area contributed by atoms with Crippen LogP contribution in [0.4, 0.5) is 13.2 Å². The minimum atomic E-state index is -5.54. The summed E-state index contributed by atoms with van der Waals surface area (Å²) in [6.07, 6.45) is 2.19. The number of nitrogens with zero attached hydrogens (tertiary/aromatic N) is 1. The molecule has 0 aromatic heterocycles. The van der Waals surface area contributed by atoms with Crippen molar-refractivity contribution in [2.75, 3.05) is 13.1 Å². The molecule has 0 unspecified atom stereocenters. The van der Waals surface area contributed by atoms with E-state index in [2.05, 4.69) is 8.17 Å². The Hall–Kier alpha value is -0.601. The molecule has 124 valence electrons. The Kier molecular flexibility index (Phi) is 5.55. The van der Waals surface area contributed by atoms with E-state index in [1.54, 1.807) is 18.2 Å². The molecule has 0 aliphatic carbocycles. The van der Waals surface area contributed by atoms with Crippen LogP contribution in [-0.4, -0.2) is 47.2 Å². The Labute approximate surface area is 134 Å². The molecule has 1 fully saturated rings. The fourth-order valence-corrected chi connectivity index (χ4v) is 5.08. The van der Waals surface area contributed by atoms with Crippen LogP contribution in [0, 0.1) is 0 Å². The van der Waals surface area contributed by atoms with Gasteiger partial charge in [-0.25, -0.2) is 0 Å². The molecule has 1 aromatic rings. The summed E-state index contributed by atoms with van der Waals surface area (Å²) in [6, 6.07) is 6.91. The molecular weight excluding hydrogens is 386 g/mol. The van der Waals surface area contributed by atoms with Crippen molar-refractivity contribution in [2.24, 2.45) is 0 Å². The van der Waals surface area contributed by atoms with Crippen molar-refractivity contribution in [2.45, 2.75) is 31.3 Å². The first-order valence-electron chi connectivity index (χ1n) is 6.73. The molecule has 1 aliphatic rings. The Morgan fingerprint density at radius 2 is 1.82 bits per heavy atom. The topological polar surface area (TPSA) is 46.6 Å². The van der Waals surface area contributed by atoms with Gasteiger partial charge in [0.25, 0.3) is 0 Å². The molecule has 1 aromatic carbocycles. The maximum absolute atomic E-state index is 12.3. The van der Waals surface area contributed by atoms with Crippen molar-refractivity contribution in [1.29, 1.82) is 0 Å². The molecule has 0 spiro atoms. The Morgan fingerprint density at radius 1 is 1.23 bits per heavy atom. The molecular formula is C13H16F3NO3SSe. The molecule has 22 heavy (non-hydrogen) atoms. The second kappa shape index (κ2) is 6.88. The van der Waals surface area contributed by atoms with Crippen LogP contribution in [0.25, 0.3) is 0 Å². The third-order valence-corrected chi connectivity index (χ3v) is 7.08. The molecule has 1 heterocycles. The van der Waals surface area contributed by atoms with Crippen molar-refractivity contribution in [1.82, 2.24) is 4.90 Å². The summed E-state index contributed by atoms with van der Waals surface area (Å²) in [4.78, 5) is 2.23. The van der Waals surface area contributed by atoms with Crippen LogP contribution in [0.15, 0.2) is 24.3 Å². The third-order valence-electron chi connectivity index (χ3n) is 3.55. The average Bonchev–Trinajstić information content (AvgIpc) is 2.97. The third kappa shape index (κ3) is 4.02. The molecule has 0 saturated carbocycles. The number of likely N-dealkylation sites (tertiary alicyclic amines) is 1. The first-order valence-corrected chi connectivity index (χ1v) is 9.69. The molecule has 1 atom stereocenters. The number of benzene rings is 1. The molecule has 1 saturated heterocycles. The summed E-state index contributed by atoms with van der Waals surface area (Å²) in [5.74, 6) is 0. The zero-order valence-corrected chi connectivity index (χ0v) is 14.4. The molecule has 4 nitrogen and oxygen atoms in total. The van der Waals surface area contributed by atoms with Crippen LogP contribution in [0.3, 0.4) is 0 Å². The van der Waals surface area contributed by atoms with Gasteiger partial charge in [0.2, 0.25) is 0 Å². The van der Waals surface area contributed by atoms with Crippen LogP contribution in [0.2, 0.25) is 0 Å². The van der Waals surface area contributed by atoms with Crippen molar-refractivity contribution in [3.05, 3.63) is 29.8 Å². The summed E-state index contributed by atoms with van der Waals surface area (Å²) in [5, 5.41) is 0. The Morgan fingerprint density at radius 3 is 2.41 bits per heavy atom. The molecule has 9 heteroatoms. The predicted octanol–water partition coefficient (Wildman–Crippen LogP) is 1.95. The summed E-state index contributed by atoms with van der Waals surface area (Å²) in [5.41, 5.74) is -4.56. The van der Waals surface area contributed by atoms with E-state index >= 15 is 0 Å². The van der Waals surface area contributed by atoms with Gasteiger partial charge in [0.15, 0.2) is 0 Å². The van der Waals surface area contributed by atoms with Gasteiger partial charge >= 0.3 is 134 Å². The van der Waals surface area contributed by atoms with Crippen molar-refractivity contribution in [3.63, 3.8) is 0 Å². The number of hydrogen-bond donors (Lipinski definition) is 0. The van der Waals surface area contributed by atoms with E-state index < -0.39 is 30.9 Å². The second-order valence-corrected chi connectivity index (χ2v) is 8.64. The minimum absolute atomic E-state index is 0.0257. The SMILES string of the molecule is C[C@@H](c1ccccc1[Se]OS(=O)(=O)C(F)(F)F)N1CCCC1. The Bertz CT molecular complexity index is 615. The van der Waals surface area contributed by atoms with Gasteiger partial charge in [-0.15, -0.1) is 0 Å². The standard InChI is InChI=1S/C13H16F3NO3SSe/c1-10(17-8-4-5-9-17)11-6-2-3-7-12(11)22-20-21(18,19)13(14,15)16/h2-3,6-7,10H,4-5,8-9H2,1H3/t10-/m0/s1. The van der Waals surface area contributed by atoms with Gasteiger partial charge < -0.3 is 0 Å². The van der Waals surface area contributed by atoms with Gasteiger partial charge in [-0.3, -0.25) is 0 Å². The summed E-state index contributed by atoms with van der Waals surface area (Å²) in [6.45, 7) is 3.84. The van der Waals surface area contributed by atoms with E-state index in [1.165, 1.54) is 0 Å². The van der Waals surface area contributed by atoms with Gasteiger partial charge in [-0.1, -0.05) is 0 Å². The van der Waals surface area contributed by atoms with E-state index in [4.69, 9.17) is 0 Å². The van der Waals surface area contributed by atoms with Gasteiger partial charge in [0.05, 0.1) is 0 Å². The quantitative estimate of drug-likeness (QED) is 0.558. The van der Waals surface area contributed by atoms with E-state index in [9.17, 15) is 21.6 Å². The first-order chi connectivity index (χ1) is 10.2. The zero-order valence-electron chi connectivity index (χ0n) is 11.8. The van der Waals surface area contributed by atoms with Crippen LogP contribution in [-0.2, 0) is 13.4 Å². The summed E-state index contributed by atoms with van der Waals surface area (Å²) in [7, 11) is -5.54. The van der Waals surface area contributed by atoms with Gasteiger partial charge in [0, 0.05) is 0 Å². The van der Waals surface area contributed by atoms with Crippen molar-refractivity contribution < 1.29 is 24.9 Å². The molecule has 2 rings (SSSR count). The molecule has 1 aliphatic heterocycles. The number of halogens is 3. The van der Waals surface area contributed by atoms with Crippen LogP contribution in [0.5, 0.6) is 0 Å². The molecule has 0 amide bonds. The second-order valence-electron chi connectivity index (χ2n) is 5.01. The summed E-state index contributed by atoms with van der Waals surface area (Å²) >= 11 is -1.25. The van der Waals surface area contributed by atoms with E-state index in [0.29, 0.717) is 4.46 Å². The van der Waals surface area contributed by atoms with E-state index in [0.717, 1.165) is 31.5 Å². The number of rotatable bonds is 5. The normalized spacial score (nSPS) is 18.5. The number of alkyl halides is 3. The molecule has 0 N–H and O–H groups in total. The predicted molar refractivity (Wildman–Crippen MR) is 77.1 cm³/mol. The maximum atomic E-state index is 12.3. The first kappa shape index (κ1) is 17.7. The molecule has 0 bridgehead atoms. The monoisotopic (exact) mass is 403 g/mol. The number of hydrogen-bond acceptors (Lipinski definition) is 4. The van der Waals surface area contributed by atoms with Crippen molar-refractivity contribution >= 4 is 29.9 Å². The van der Waals surface area contributed by atoms with Crippen LogP contribution in [0.1, 0.15) is 31.4 Å². The fourth-order valence-electron chi connectivity index (χ4n) is 2.35. The molecule has 0 radical (unpaired) electrons. The van der Waals surface area contributed by atoms with Crippen LogP contribution >= 0.6 is 0 Å². The average molecular weight is 402 g/mol. The Balaban J connectivity index is 2.15. The van der Waals surface area contributed by atoms with Gasteiger partial charge in [0.1, 0.15) is 0 Å². The van der Waals surface area contributed by atoms with Crippen LogP contribution < -0.4 is 4.46 Å². The zero-order chi connectivity index (χ0) is 16.4. The van der Waals surface area contributed by atoms with E-state index in [1.807, 2.05) is 13.0 Å². The van der Waals surface area contributed by atoms with Gasteiger partial charge in [-0.05, 0) is 0 Å². The summed E-state index contributed by atoms with van der Waals surface area (Å²) < 4.78 is 63.8. The fraction of sp³-hybridized carbons (Fsp3) is 0.538. The van der Waals surface area contributed by atoms with Crippen molar-refractivity contribution in [3.8, 4) is 0 Å². The van der Waals surface area contributed by atoms with E-state index in [-0.39, 0.29) is 6.04 Å².